The first kappa shape index (κ1) is 15.1. The lowest BCUT2D eigenvalue weighted by molar-refractivity contribution is -0.132. The zero-order valence-corrected chi connectivity index (χ0v) is 12.3. The van der Waals surface area contributed by atoms with Gasteiger partial charge < -0.3 is 0 Å². The Labute approximate surface area is 111 Å². The Hall–Kier alpha value is -0.920. The highest BCUT2D eigenvalue weighted by molar-refractivity contribution is 6.00. The van der Waals surface area contributed by atoms with Gasteiger partial charge in [0, 0.05) is 18.3 Å². The van der Waals surface area contributed by atoms with Gasteiger partial charge in [0.25, 0.3) is 0 Å². The van der Waals surface area contributed by atoms with Crippen molar-refractivity contribution in [3.8, 4) is 0 Å². The summed E-state index contributed by atoms with van der Waals surface area (Å²) in [4.78, 5) is 24.7. The predicted molar refractivity (Wildman–Crippen MR) is 74.3 cm³/mol. The summed E-state index contributed by atoms with van der Waals surface area (Å²) in [7, 11) is 0. The molecule has 1 saturated carbocycles. The fourth-order valence-electron chi connectivity index (χ4n) is 3.52. The highest BCUT2D eigenvalue weighted by Crippen LogP contribution is 2.42. The summed E-state index contributed by atoms with van der Waals surface area (Å²) in [6.45, 7) is 10.1. The Morgan fingerprint density at radius 2 is 1.89 bits per heavy atom. The third kappa shape index (κ3) is 2.57. The Morgan fingerprint density at radius 1 is 1.28 bits per heavy atom. The largest absolute Gasteiger partial charge is 0.299 e. The van der Waals surface area contributed by atoms with Crippen molar-refractivity contribution >= 4 is 11.6 Å². The van der Waals surface area contributed by atoms with E-state index in [1.807, 2.05) is 33.8 Å². The minimum Gasteiger partial charge on any atom is -0.299 e. The second-order valence-electron chi connectivity index (χ2n) is 5.51. The molecule has 0 amide bonds. The summed E-state index contributed by atoms with van der Waals surface area (Å²) in [5, 5.41) is 0. The summed E-state index contributed by atoms with van der Waals surface area (Å²) < 4.78 is 0. The number of ketones is 2. The summed E-state index contributed by atoms with van der Waals surface area (Å²) in [5.74, 6) is 0.917. The first-order valence-electron chi connectivity index (χ1n) is 7.22. The fourth-order valence-corrected chi connectivity index (χ4v) is 3.52. The van der Waals surface area contributed by atoms with Crippen molar-refractivity contribution in [2.75, 3.05) is 0 Å². The van der Waals surface area contributed by atoms with Crippen LogP contribution < -0.4 is 0 Å². The van der Waals surface area contributed by atoms with E-state index in [-0.39, 0.29) is 29.5 Å². The molecular formula is C16H26O2. The number of Topliss-reactive ketones (excluding diaryl/α,β-unsaturated/α-hetero) is 2. The lowest BCUT2D eigenvalue weighted by Crippen LogP contribution is -2.43. The van der Waals surface area contributed by atoms with Crippen LogP contribution in [-0.4, -0.2) is 11.6 Å². The van der Waals surface area contributed by atoms with E-state index in [1.54, 1.807) is 0 Å². The van der Waals surface area contributed by atoms with Crippen molar-refractivity contribution in [3.05, 3.63) is 11.6 Å². The zero-order chi connectivity index (χ0) is 13.9. The minimum absolute atomic E-state index is 0.0261. The molecule has 1 aliphatic rings. The molecule has 0 aromatic heterocycles. The van der Waals surface area contributed by atoms with Crippen molar-refractivity contribution in [1.82, 2.24) is 0 Å². The van der Waals surface area contributed by atoms with Crippen LogP contribution in [0.2, 0.25) is 0 Å². The Morgan fingerprint density at radius 3 is 2.33 bits per heavy atom. The quantitative estimate of drug-likeness (QED) is 0.711. The van der Waals surface area contributed by atoms with E-state index in [0.717, 1.165) is 18.4 Å². The normalized spacial score (nSPS) is 34.9. The molecule has 2 heteroatoms. The van der Waals surface area contributed by atoms with Crippen LogP contribution in [0.5, 0.6) is 0 Å². The maximum absolute atomic E-state index is 12.4. The van der Waals surface area contributed by atoms with Gasteiger partial charge in [-0.3, -0.25) is 9.59 Å². The van der Waals surface area contributed by atoms with E-state index in [2.05, 4.69) is 6.92 Å². The van der Waals surface area contributed by atoms with Gasteiger partial charge in [-0.25, -0.2) is 0 Å². The number of hydrogen-bond acceptors (Lipinski definition) is 2. The van der Waals surface area contributed by atoms with Gasteiger partial charge in [0.15, 0.2) is 5.78 Å². The van der Waals surface area contributed by atoms with Crippen LogP contribution in [0.4, 0.5) is 0 Å². The molecule has 0 aromatic carbocycles. The Balaban J connectivity index is 3.09. The molecule has 0 radical (unpaired) electrons. The van der Waals surface area contributed by atoms with Crippen molar-refractivity contribution < 1.29 is 9.59 Å². The number of carbonyl (C=O) groups is 2. The SMILES string of the molecule is C/C=C1\C(=O)C(CC)C(C)C(C(=O)CCC)C1C. The Bertz CT molecular complexity index is 354. The van der Waals surface area contributed by atoms with Crippen LogP contribution in [0, 0.1) is 23.7 Å². The molecule has 0 heterocycles. The monoisotopic (exact) mass is 250 g/mol. The van der Waals surface area contributed by atoms with Gasteiger partial charge in [-0.15, -0.1) is 0 Å². The van der Waals surface area contributed by atoms with Crippen LogP contribution in [0.15, 0.2) is 11.6 Å². The van der Waals surface area contributed by atoms with Crippen molar-refractivity contribution in [1.29, 1.82) is 0 Å². The van der Waals surface area contributed by atoms with Gasteiger partial charge in [0.1, 0.15) is 5.78 Å². The molecule has 1 rings (SSSR count). The maximum Gasteiger partial charge on any atom is 0.162 e. The molecule has 0 bridgehead atoms. The predicted octanol–water partition coefficient (Wildman–Crippen LogP) is 3.80. The van der Waals surface area contributed by atoms with Gasteiger partial charge in [0.2, 0.25) is 0 Å². The molecule has 0 saturated heterocycles. The third-order valence-corrected chi connectivity index (χ3v) is 4.47. The highest BCUT2D eigenvalue weighted by Gasteiger charge is 2.44. The lowest BCUT2D eigenvalue weighted by atomic mass is 9.62. The van der Waals surface area contributed by atoms with Crippen molar-refractivity contribution in [2.24, 2.45) is 23.7 Å². The van der Waals surface area contributed by atoms with E-state index in [4.69, 9.17) is 0 Å². The molecule has 0 spiro atoms. The van der Waals surface area contributed by atoms with Crippen LogP contribution in [0.1, 0.15) is 53.9 Å². The van der Waals surface area contributed by atoms with E-state index in [1.165, 1.54) is 0 Å². The van der Waals surface area contributed by atoms with Crippen molar-refractivity contribution in [3.63, 3.8) is 0 Å². The zero-order valence-electron chi connectivity index (χ0n) is 12.3. The third-order valence-electron chi connectivity index (χ3n) is 4.47. The number of hydrogen-bond donors (Lipinski definition) is 0. The van der Waals surface area contributed by atoms with E-state index < -0.39 is 0 Å². The average Bonchev–Trinajstić information content (AvgIpc) is 2.30. The fraction of sp³-hybridized carbons (Fsp3) is 0.750. The summed E-state index contributed by atoms with van der Waals surface area (Å²) in [6, 6.07) is 0. The van der Waals surface area contributed by atoms with Crippen molar-refractivity contribution in [2.45, 2.75) is 53.9 Å². The van der Waals surface area contributed by atoms with E-state index in [0.29, 0.717) is 12.2 Å². The minimum atomic E-state index is 0.0261. The topological polar surface area (TPSA) is 34.1 Å². The number of allylic oxidation sites excluding steroid dienone is 2. The molecule has 0 aliphatic heterocycles. The van der Waals surface area contributed by atoms with Gasteiger partial charge in [-0.1, -0.05) is 33.8 Å². The number of carbonyl (C=O) groups excluding carboxylic acids is 2. The van der Waals surface area contributed by atoms with Gasteiger partial charge in [-0.05, 0) is 37.2 Å². The highest BCUT2D eigenvalue weighted by atomic mass is 16.1. The van der Waals surface area contributed by atoms with E-state index >= 15 is 0 Å². The molecule has 102 valence electrons. The first-order valence-corrected chi connectivity index (χ1v) is 7.22. The van der Waals surface area contributed by atoms with Gasteiger partial charge in [-0.2, -0.15) is 0 Å². The summed E-state index contributed by atoms with van der Waals surface area (Å²) in [6.07, 6.45) is 4.28. The summed E-state index contributed by atoms with van der Waals surface area (Å²) >= 11 is 0. The second kappa shape index (κ2) is 6.31. The molecule has 0 aromatic rings. The van der Waals surface area contributed by atoms with Crippen LogP contribution in [-0.2, 0) is 9.59 Å². The lowest BCUT2D eigenvalue weighted by Gasteiger charge is -2.39. The molecule has 4 atom stereocenters. The van der Waals surface area contributed by atoms with Crippen LogP contribution >= 0.6 is 0 Å². The molecule has 18 heavy (non-hydrogen) atoms. The molecule has 4 unspecified atom stereocenters. The standard InChI is InChI=1S/C16H26O2/c1-6-9-14(17)15-10(4)12(7-2)16(18)13(8-3)11(15)5/h7,10-11,13,15H,6,8-9H2,1-5H3/b12-7-. The molecule has 0 N–H and O–H groups in total. The molecular weight excluding hydrogens is 224 g/mol. The second-order valence-corrected chi connectivity index (χ2v) is 5.51. The summed E-state index contributed by atoms with van der Waals surface area (Å²) in [5.41, 5.74) is 0.870. The van der Waals surface area contributed by atoms with Gasteiger partial charge in [0.05, 0.1) is 0 Å². The smallest absolute Gasteiger partial charge is 0.162 e. The number of rotatable bonds is 4. The van der Waals surface area contributed by atoms with Crippen LogP contribution in [0.3, 0.4) is 0 Å². The average molecular weight is 250 g/mol. The van der Waals surface area contributed by atoms with E-state index in [9.17, 15) is 9.59 Å². The molecule has 1 fully saturated rings. The molecule has 1 aliphatic carbocycles. The first-order chi connectivity index (χ1) is 8.49. The maximum atomic E-state index is 12.4. The molecule has 2 nitrogen and oxygen atoms in total. The Kier molecular flexibility index (Phi) is 5.30. The van der Waals surface area contributed by atoms with Crippen LogP contribution in [0.25, 0.3) is 0 Å². The van der Waals surface area contributed by atoms with Gasteiger partial charge >= 0.3 is 0 Å².